The lowest BCUT2D eigenvalue weighted by atomic mass is 10.0. The third kappa shape index (κ3) is 3.10. The highest BCUT2D eigenvalue weighted by Gasteiger charge is 2.20. The summed E-state index contributed by atoms with van der Waals surface area (Å²) in [4.78, 5) is 8.54. The molecule has 0 fully saturated rings. The number of anilines is 1. The molecule has 0 aliphatic rings. The highest BCUT2D eigenvalue weighted by atomic mass is 16.3. The fourth-order valence-corrected chi connectivity index (χ4v) is 2.97. The fraction of sp³-hybridized carbons (Fsp3) is 0.211. The van der Waals surface area contributed by atoms with Gasteiger partial charge in [0, 0.05) is 24.8 Å². The molecule has 0 aliphatic heterocycles. The summed E-state index contributed by atoms with van der Waals surface area (Å²) in [5, 5.41) is 19.0. The van der Waals surface area contributed by atoms with Crippen LogP contribution in [0.2, 0.25) is 0 Å². The Hall–Kier alpha value is -3.17. The molecule has 0 atom stereocenters. The van der Waals surface area contributed by atoms with Gasteiger partial charge in [0.25, 0.3) is 0 Å². The molecular weight excluding hydrogens is 314 g/mol. The van der Waals surface area contributed by atoms with E-state index in [9.17, 15) is 5.11 Å². The van der Waals surface area contributed by atoms with E-state index in [1.807, 2.05) is 41.8 Å². The number of nitriles is 1. The van der Waals surface area contributed by atoms with Gasteiger partial charge in [-0.25, -0.2) is 9.97 Å². The van der Waals surface area contributed by atoms with Crippen LogP contribution in [0, 0.1) is 18.3 Å². The quantitative estimate of drug-likeness (QED) is 0.699. The van der Waals surface area contributed by atoms with Crippen molar-refractivity contribution in [3.05, 3.63) is 47.9 Å². The maximum absolute atomic E-state index is 9.23. The number of nitrogens with zero attached hydrogens (tertiary/aromatic N) is 4. The first kappa shape index (κ1) is 16.7. The van der Waals surface area contributed by atoms with Crippen LogP contribution < -0.4 is 5.73 Å². The number of benzene rings is 1. The van der Waals surface area contributed by atoms with E-state index in [1.165, 1.54) is 12.4 Å². The molecule has 3 aromatic rings. The van der Waals surface area contributed by atoms with Crippen molar-refractivity contribution in [2.24, 2.45) is 0 Å². The van der Waals surface area contributed by atoms with Crippen LogP contribution in [0.25, 0.3) is 28.2 Å². The Bertz CT molecular complexity index is 964. The van der Waals surface area contributed by atoms with Crippen molar-refractivity contribution in [3.8, 4) is 17.2 Å². The van der Waals surface area contributed by atoms with Crippen molar-refractivity contribution in [2.45, 2.75) is 19.9 Å². The maximum Gasteiger partial charge on any atom is 0.146 e. The van der Waals surface area contributed by atoms with Crippen LogP contribution in [0.15, 0.2) is 36.7 Å². The molecule has 126 valence electrons. The lowest BCUT2D eigenvalue weighted by molar-refractivity contribution is 0.280. The molecule has 0 bridgehead atoms. The minimum atomic E-state index is 0.0709. The Morgan fingerprint density at radius 1 is 1.28 bits per heavy atom. The van der Waals surface area contributed by atoms with Gasteiger partial charge < -0.3 is 15.4 Å². The van der Waals surface area contributed by atoms with Gasteiger partial charge in [-0.3, -0.25) is 0 Å². The second-order valence-corrected chi connectivity index (χ2v) is 5.78. The van der Waals surface area contributed by atoms with E-state index in [-0.39, 0.29) is 6.61 Å². The lowest BCUT2D eigenvalue weighted by Gasteiger charge is -2.08. The first-order chi connectivity index (χ1) is 12.2. The number of aliphatic hydroxyl groups is 1. The molecule has 0 aliphatic carbocycles. The van der Waals surface area contributed by atoms with Crippen LogP contribution in [0.1, 0.15) is 17.7 Å². The number of nitrogens with two attached hydrogens (primary N) is 1. The third-order valence-corrected chi connectivity index (χ3v) is 4.11. The SMILES string of the molecule is Cc1ccc(-c2c(/C=C\C#N)n(CCCO)c3ncnc(N)c23)cc1. The first-order valence-corrected chi connectivity index (χ1v) is 8.04. The van der Waals surface area contributed by atoms with E-state index in [1.54, 1.807) is 6.08 Å². The lowest BCUT2D eigenvalue weighted by Crippen LogP contribution is -2.04. The third-order valence-electron chi connectivity index (χ3n) is 4.11. The van der Waals surface area contributed by atoms with Crippen molar-refractivity contribution in [2.75, 3.05) is 12.3 Å². The standard InChI is InChI=1S/C19H19N5O/c1-13-5-7-14(8-6-13)16-15(4-2-9-20)24(10-3-11-25)19-17(16)18(21)22-12-23-19/h2,4-8,12,25H,3,10-11H2,1H3,(H2,21,22,23)/b4-2-. The van der Waals surface area contributed by atoms with E-state index >= 15 is 0 Å². The summed E-state index contributed by atoms with van der Waals surface area (Å²) in [7, 11) is 0. The molecule has 0 unspecified atom stereocenters. The molecule has 0 amide bonds. The number of nitrogen functional groups attached to an aromatic ring is 1. The Kier molecular flexibility index (Phi) is 4.78. The van der Waals surface area contributed by atoms with E-state index in [0.717, 1.165) is 27.8 Å². The van der Waals surface area contributed by atoms with E-state index in [0.29, 0.717) is 24.4 Å². The number of aryl methyl sites for hydroxylation is 2. The Morgan fingerprint density at radius 3 is 2.72 bits per heavy atom. The molecule has 2 heterocycles. The van der Waals surface area contributed by atoms with Gasteiger partial charge in [0.05, 0.1) is 17.1 Å². The van der Waals surface area contributed by atoms with Crippen molar-refractivity contribution >= 4 is 22.9 Å². The van der Waals surface area contributed by atoms with Gasteiger partial charge in [0.1, 0.15) is 17.8 Å². The van der Waals surface area contributed by atoms with Gasteiger partial charge in [0.15, 0.2) is 0 Å². The molecule has 6 nitrogen and oxygen atoms in total. The van der Waals surface area contributed by atoms with E-state index in [2.05, 4.69) is 9.97 Å². The summed E-state index contributed by atoms with van der Waals surface area (Å²) in [5.41, 5.74) is 10.7. The molecule has 25 heavy (non-hydrogen) atoms. The monoisotopic (exact) mass is 333 g/mol. The average molecular weight is 333 g/mol. The highest BCUT2D eigenvalue weighted by Crippen LogP contribution is 2.37. The molecular formula is C19H19N5O. The first-order valence-electron chi connectivity index (χ1n) is 8.04. The summed E-state index contributed by atoms with van der Waals surface area (Å²) in [6.07, 6.45) is 5.21. The molecule has 6 heteroatoms. The van der Waals surface area contributed by atoms with Gasteiger partial charge in [-0.05, 0) is 25.0 Å². The summed E-state index contributed by atoms with van der Waals surface area (Å²) < 4.78 is 1.98. The van der Waals surface area contributed by atoms with Gasteiger partial charge in [-0.1, -0.05) is 29.8 Å². The highest BCUT2D eigenvalue weighted by molar-refractivity contribution is 6.04. The van der Waals surface area contributed by atoms with Crippen molar-refractivity contribution in [3.63, 3.8) is 0 Å². The van der Waals surface area contributed by atoms with Crippen LogP contribution in [-0.2, 0) is 6.54 Å². The van der Waals surface area contributed by atoms with E-state index < -0.39 is 0 Å². The van der Waals surface area contributed by atoms with Crippen molar-refractivity contribution in [1.82, 2.24) is 14.5 Å². The minimum absolute atomic E-state index is 0.0709. The number of rotatable bonds is 5. The zero-order chi connectivity index (χ0) is 17.8. The molecule has 3 rings (SSSR count). The Labute approximate surface area is 145 Å². The number of allylic oxidation sites excluding steroid dienone is 1. The largest absolute Gasteiger partial charge is 0.396 e. The fourth-order valence-electron chi connectivity index (χ4n) is 2.97. The van der Waals surface area contributed by atoms with Gasteiger partial charge in [0.2, 0.25) is 0 Å². The van der Waals surface area contributed by atoms with E-state index in [4.69, 9.17) is 11.0 Å². The molecule has 3 N–H and O–H groups in total. The topological polar surface area (TPSA) is 101 Å². The normalized spacial score (nSPS) is 11.2. The van der Waals surface area contributed by atoms with Gasteiger partial charge in [-0.2, -0.15) is 5.26 Å². The van der Waals surface area contributed by atoms with Gasteiger partial charge in [-0.15, -0.1) is 0 Å². The summed E-state index contributed by atoms with van der Waals surface area (Å²) >= 11 is 0. The minimum Gasteiger partial charge on any atom is -0.396 e. The van der Waals surface area contributed by atoms with Crippen LogP contribution in [0.4, 0.5) is 5.82 Å². The Balaban J connectivity index is 2.37. The van der Waals surface area contributed by atoms with Crippen molar-refractivity contribution in [1.29, 1.82) is 5.26 Å². The van der Waals surface area contributed by atoms with Crippen LogP contribution in [0.3, 0.4) is 0 Å². The zero-order valence-electron chi connectivity index (χ0n) is 14.0. The summed E-state index contributed by atoms with van der Waals surface area (Å²) in [6.45, 7) is 2.67. The molecule has 0 saturated carbocycles. The number of hydrogen-bond acceptors (Lipinski definition) is 5. The number of aromatic nitrogens is 3. The van der Waals surface area contributed by atoms with Gasteiger partial charge >= 0.3 is 0 Å². The molecule has 0 radical (unpaired) electrons. The van der Waals surface area contributed by atoms with Crippen LogP contribution >= 0.6 is 0 Å². The number of hydrogen-bond donors (Lipinski definition) is 2. The Morgan fingerprint density at radius 2 is 2.04 bits per heavy atom. The molecule has 0 saturated heterocycles. The average Bonchev–Trinajstić information content (AvgIpc) is 2.93. The number of aliphatic hydroxyl groups excluding tert-OH is 1. The summed E-state index contributed by atoms with van der Waals surface area (Å²) in [5.74, 6) is 0.398. The predicted molar refractivity (Wildman–Crippen MR) is 98.5 cm³/mol. The zero-order valence-corrected chi connectivity index (χ0v) is 14.0. The predicted octanol–water partition coefficient (Wildman–Crippen LogP) is 2.91. The van der Waals surface area contributed by atoms with Crippen LogP contribution in [0.5, 0.6) is 0 Å². The smallest absolute Gasteiger partial charge is 0.146 e. The second kappa shape index (κ2) is 7.16. The van der Waals surface area contributed by atoms with Crippen molar-refractivity contribution < 1.29 is 5.11 Å². The number of fused-ring (bicyclic) bond motifs is 1. The second-order valence-electron chi connectivity index (χ2n) is 5.78. The summed E-state index contributed by atoms with van der Waals surface area (Å²) in [6, 6.07) is 10.1. The molecule has 0 spiro atoms. The maximum atomic E-state index is 9.23. The molecule has 2 aromatic heterocycles. The van der Waals surface area contributed by atoms with Crippen LogP contribution in [-0.4, -0.2) is 26.2 Å². The molecule has 1 aromatic carbocycles.